The highest BCUT2D eigenvalue weighted by atomic mass is 15.3. The third kappa shape index (κ3) is 2.35. The summed E-state index contributed by atoms with van der Waals surface area (Å²) in [5, 5.41) is 8.19. The van der Waals surface area contributed by atoms with Crippen LogP contribution in [0.2, 0.25) is 0 Å². The van der Waals surface area contributed by atoms with E-state index in [2.05, 4.69) is 77.5 Å². The van der Waals surface area contributed by atoms with Crippen molar-refractivity contribution in [3.05, 3.63) is 58.4 Å². The zero-order valence-electron chi connectivity index (χ0n) is 15.4. The number of hydrazone groups is 1. The molecule has 134 valence electrons. The Labute approximate surface area is 155 Å². The highest BCUT2D eigenvalue weighted by Gasteiger charge is 2.37. The summed E-state index contributed by atoms with van der Waals surface area (Å²) < 4.78 is 0. The first-order valence-corrected chi connectivity index (χ1v) is 9.83. The van der Waals surface area contributed by atoms with Crippen molar-refractivity contribution in [3.63, 3.8) is 0 Å². The standard InChI is InChI=1S/C22H26N4/c1-3-4-17-13(2)21-18-12-24-26-19(18)7-8-20(21)25-22(17)14-5-6-15-10-23-11-16(15)9-14/h5-9,11-12,15-16,18-19,22,25-26H,3-4,10H2,1-2H3. The highest BCUT2D eigenvalue weighted by Crippen LogP contribution is 2.40. The zero-order chi connectivity index (χ0) is 17.7. The lowest BCUT2D eigenvalue weighted by atomic mass is 9.75. The average molecular weight is 346 g/mol. The topological polar surface area (TPSA) is 48.8 Å². The van der Waals surface area contributed by atoms with E-state index in [1.165, 1.54) is 28.0 Å². The molecule has 2 N–H and O–H groups in total. The average Bonchev–Trinajstić information content (AvgIpc) is 3.31. The summed E-state index contributed by atoms with van der Waals surface area (Å²) in [4.78, 5) is 4.48. The molecule has 0 radical (unpaired) electrons. The Morgan fingerprint density at radius 3 is 3.00 bits per heavy atom. The van der Waals surface area contributed by atoms with E-state index < -0.39 is 0 Å². The van der Waals surface area contributed by atoms with Gasteiger partial charge in [-0.3, -0.25) is 4.99 Å². The number of hydrogen-bond donors (Lipinski definition) is 2. The second-order valence-electron chi connectivity index (χ2n) is 7.90. The summed E-state index contributed by atoms with van der Waals surface area (Å²) in [6, 6.07) is 0.571. The van der Waals surface area contributed by atoms with Gasteiger partial charge in [0.05, 0.1) is 12.1 Å². The number of hydrogen-bond acceptors (Lipinski definition) is 4. The van der Waals surface area contributed by atoms with Crippen molar-refractivity contribution in [1.29, 1.82) is 0 Å². The molecule has 3 heterocycles. The van der Waals surface area contributed by atoms with E-state index >= 15 is 0 Å². The molecule has 0 aromatic heterocycles. The summed E-state index contributed by atoms with van der Waals surface area (Å²) in [5.41, 5.74) is 10.3. The quantitative estimate of drug-likeness (QED) is 0.824. The lowest BCUT2D eigenvalue weighted by Crippen LogP contribution is -2.41. The van der Waals surface area contributed by atoms with E-state index in [9.17, 15) is 0 Å². The molecule has 5 atom stereocenters. The molecular weight excluding hydrogens is 320 g/mol. The van der Waals surface area contributed by atoms with Gasteiger partial charge in [0, 0.05) is 42.4 Å². The molecule has 0 saturated heterocycles. The maximum Gasteiger partial charge on any atom is 0.0743 e. The lowest BCUT2D eigenvalue weighted by molar-refractivity contribution is 0.566. The number of fused-ring (bicyclic) bond motifs is 3. The number of nitrogens with zero attached hydrogens (tertiary/aromatic N) is 2. The maximum absolute atomic E-state index is 4.48. The van der Waals surface area contributed by atoms with Gasteiger partial charge >= 0.3 is 0 Å². The van der Waals surface area contributed by atoms with Gasteiger partial charge in [0.15, 0.2) is 0 Å². The van der Waals surface area contributed by atoms with E-state index in [0.29, 0.717) is 23.8 Å². The van der Waals surface area contributed by atoms with Gasteiger partial charge in [-0.25, -0.2) is 0 Å². The van der Waals surface area contributed by atoms with Crippen LogP contribution in [0.15, 0.2) is 68.5 Å². The summed E-state index contributed by atoms with van der Waals surface area (Å²) >= 11 is 0. The summed E-state index contributed by atoms with van der Waals surface area (Å²) in [6.45, 7) is 5.52. The van der Waals surface area contributed by atoms with Crippen molar-refractivity contribution in [2.75, 3.05) is 6.54 Å². The number of dihydropyridines is 1. The Morgan fingerprint density at radius 1 is 1.19 bits per heavy atom. The SMILES string of the molecule is CCCC1=C(C)C2=C(C=CC3NN=CC23)NC1C1=CC2C=NCC2C=C1. The van der Waals surface area contributed by atoms with Gasteiger partial charge < -0.3 is 10.7 Å². The minimum Gasteiger partial charge on any atom is -0.374 e. The smallest absolute Gasteiger partial charge is 0.0743 e. The van der Waals surface area contributed by atoms with Gasteiger partial charge in [0.2, 0.25) is 0 Å². The predicted octanol–water partition coefficient (Wildman–Crippen LogP) is 3.29. The van der Waals surface area contributed by atoms with Crippen LogP contribution >= 0.6 is 0 Å². The van der Waals surface area contributed by atoms with Crippen molar-refractivity contribution in [2.45, 2.75) is 38.8 Å². The molecule has 0 aromatic rings. The largest absolute Gasteiger partial charge is 0.374 e. The Morgan fingerprint density at radius 2 is 2.12 bits per heavy atom. The molecule has 4 heteroatoms. The van der Waals surface area contributed by atoms with Crippen LogP contribution in [0.1, 0.15) is 26.7 Å². The number of allylic oxidation sites excluding steroid dienone is 3. The molecule has 5 unspecified atom stereocenters. The molecule has 26 heavy (non-hydrogen) atoms. The van der Waals surface area contributed by atoms with Crippen LogP contribution in [0.5, 0.6) is 0 Å². The molecule has 5 aliphatic rings. The number of aliphatic imine (C=N–C) groups is 1. The van der Waals surface area contributed by atoms with E-state index in [0.717, 1.165) is 19.4 Å². The summed E-state index contributed by atoms with van der Waals surface area (Å²) in [6.07, 6.45) is 18.1. The fraction of sp³-hybridized carbons (Fsp3) is 0.455. The third-order valence-electron chi connectivity index (χ3n) is 6.33. The highest BCUT2D eigenvalue weighted by molar-refractivity contribution is 5.75. The van der Waals surface area contributed by atoms with Crippen LogP contribution in [-0.4, -0.2) is 31.1 Å². The lowest BCUT2D eigenvalue weighted by Gasteiger charge is -2.38. The van der Waals surface area contributed by atoms with Gasteiger partial charge in [-0.15, -0.1) is 0 Å². The fourth-order valence-corrected chi connectivity index (χ4v) is 4.96. The first kappa shape index (κ1) is 15.9. The van der Waals surface area contributed by atoms with E-state index in [4.69, 9.17) is 0 Å². The van der Waals surface area contributed by atoms with Gasteiger partial charge in [-0.05, 0) is 41.7 Å². The minimum atomic E-state index is 0.271. The molecule has 0 fully saturated rings. The molecule has 2 aliphatic carbocycles. The van der Waals surface area contributed by atoms with Crippen molar-refractivity contribution in [2.24, 2.45) is 27.8 Å². The summed E-state index contributed by atoms with van der Waals surface area (Å²) in [7, 11) is 0. The van der Waals surface area contributed by atoms with Crippen LogP contribution in [-0.2, 0) is 0 Å². The normalized spacial score (nSPS) is 36.5. The Kier molecular flexibility index (Phi) is 3.73. The van der Waals surface area contributed by atoms with Gasteiger partial charge in [0.1, 0.15) is 0 Å². The third-order valence-corrected chi connectivity index (χ3v) is 6.33. The minimum absolute atomic E-state index is 0.271. The van der Waals surface area contributed by atoms with E-state index in [-0.39, 0.29) is 6.04 Å². The van der Waals surface area contributed by atoms with Gasteiger partial charge in [-0.2, -0.15) is 5.10 Å². The van der Waals surface area contributed by atoms with Crippen LogP contribution in [0, 0.1) is 17.8 Å². The maximum atomic E-state index is 4.48. The zero-order valence-corrected chi connectivity index (χ0v) is 15.4. The second-order valence-corrected chi connectivity index (χ2v) is 7.90. The predicted molar refractivity (Wildman–Crippen MR) is 107 cm³/mol. The molecule has 0 aromatic carbocycles. The van der Waals surface area contributed by atoms with Gasteiger partial charge in [0.25, 0.3) is 0 Å². The van der Waals surface area contributed by atoms with Crippen molar-refractivity contribution < 1.29 is 0 Å². The monoisotopic (exact) mass is 346 g/mol. The van der Waals surface area contributed by atoms with E-state index in [1.807, 2.05) is 0 Å². The molecular formula is C22H26N4. The van der Waals surface area contributed by atoms with Crippen LogP contribution in [0.25, 0.3) is 0 Å². The molecule has 0 amide bonds. The Bertz CT molecular complexity index is 836. The molecule has 4 nitrogen and oxygen atoms in total. The Balaban J connectivity index is 1.54. The van der Waals surface area contributed by atoms with Crippen LogP contribution in [0.3, 0.4) is 0 Å². The fourth-order valence-electron chi connectivity index (χ4n) is 4.96. The molecule has 3 aliphatic heterocycles. The number of rotatable bonds is 3. The molecule has 0 spiro atoms. The Hall–Kier alpha value is -2.36. The molecule has 5 rings (SSSR count). The van der Waals surface area contributed by atoms with Crippen LogP contribution in [0.4, 0.5) is 0 Å². The molecule has 0 saturated carbocycles. The van der Waals surface area contributed by atoms with Gasteiger partial charge in [-0.1, -0.05) is 37.6 Å². The van der Waals surface area contributed by atoms with Crippen molar-refractivity contribution >= 4 is 12.4 Å². The van der Waals surface area contributed by atoms with Crippen molar-refractivity contribution in [1.82, 2.24) is 10.7 Å². The second kappa shape index (κ2) is 6.11. The van der Waals surface area contributed by atoms with Crippen molar-refractivity contribution in [3.8, 4) is 0 Å². The van der Waals surface area contributed by atoms with E-state index in [1.54, 1.807) is 0 Å². The number of nitrogens with one attached hydrogen (secondary N) is 2. The summed E-state index contributed by atoms with van der Waals surface area (Å²) in [5.74, 6) is 1.37. The van der Waals surface area contributed by atoms with Crippen LogP contribution < -0.4 is 10.7 Å². The first-order chi connectivity index (χ1) is 12.8. The first-order valence-electron chi connectivity index (χ1n) is 9.83. The molecule has 0 bridgehead atoms.